The van der Waals surface area contributed by atoms with E-state index >= 15 is 0 Å². The highest BCUT2D eigenvalue weighted by molar-refractivity contribution is 5.97. The highest BCUT2D eigenvalue weighted by Crippen LogP contribution is 2.20. The van der Waals surface area contributed by atoms with Crippen molar-refractivity contribution in [2.75, 3.05) is 7.05 Å². The monoisotopic (exact) mass is 283 g/mol. The molecule has 7 heteroatoms. The van der Waals surface area contributed by atoms with Crippen molar-refractivity contribution < 1.29 is 4.79 Å². The zero-order chi connectivity index (χ0) is 14.9. The van der Waals surface area contributed by atoms with Crippen molar-refractivity contribution in [1.29, 1.82) is 0 Å². The summed E-state index contributed by atoms with van der Waals surface area (Å²) >= 11 is 0. The van der Waals surface area contributed by atoms with Crippen molar-refractivity contribution in [3.8, 4) is 0 Å². The van der Waals surface area contributed by atoms with Crippen LogP contribution in [0.25, 0.3) is 11.0 Å². The Morgan fingerprint density at radius 3 is 2.10 bits per heavy atom. The first-order valence-electron chi connectivity index (χ1n) is 6.33. The molecule has 104 valence electrons. The van der Waals surface area contributed by atoms with Gasteiger partial charge in [0, 0.05) is 7.05 Å². The predicted molar refractivity (Wildman–Crippen MR) is 74.1 cm³/mol. The summed E-state index contributed by atoms with van der Waals surface area (Å²) in [4.78, 5) is 50.7. The van der Waals surface area contributed by atoms with Crippen LogP contribution >= 0.6 is 0 Å². The predicted octanol–water partition coefficient (Wildman–Crippen LogP) is -0.704. The fourth-order valence-electron chi connectivity index (χ4n) is 2.90. The molecule has 4 heterocycles. The number of rotatable bonds is 0. The van der Waals surface area contributed by atoms with Crippen molar-refractivity contribution in [3.05, 3.63) is 66.6 Å². The summed E-state index contributed by atoms with van der Waals surface area (Å²) in [6.45, 7) is 0.0918. The third kappa shape index (κ3) is 1.23. The van der Waals surface area contributed by atoms with Crippen LogP contribution < -0.4 is 16.7 Å². The molecule has 7 nitrogen and oxygen atoms in total. The van der Waals surface area contributed by atoms with E-state index in [4.69, 9.17) is 0 Å². The molecule has 2 bridgehead atoms. The number of amides is 1. The molecule has 0 fully saturated rings. The largest absolute Gasteiger partial charge is 0.336 e. The molecule has 0 atom stereocenters. The summed E-state index contributed by atoms with van der Waals surface area (Å²) in [6.07, 6.45) is 0. The lowest BCUT2D eigenvalue weighted by Gasteiger charge is -2.08. The third-order valence-corrected chi connectivity index (χ3v) is 3.87. The van der Waals surface area contributed by atoms with Gasteiger partial charge in [-0.1, -0.05) is 12.1 Å². The Morgan fingerprint density at radius 2 is 1.43 bits per heavy atom. The molecule has 0 radical (unpaired) electrons. The average molecular weight is 283 g/mol. The Hall–Kier alpha value is -2.96. The number of nitrogens with zero attached hydrogens (tertiary/aromatic N) is 3. The van der Waals surface area contributed by atoms with Gasteiger partial charge in [-0.2, -0.15) is 0 Å². The Bertz CT molecular complexity index is 1110. The molecular formula is C14H9N3O4. The van der Waals surface area contributed by atoms with E-state index in [-0.39, 0.29) is 17.8 Å². The zero-order valence-electron chi connectivity index (χ0n) is 11.0. The summed E-state index contributed by atoms with van der Waals surface area (Å²) in [5.74, 6) is -0.432. The fraction of sp³-hybridized carbons (Fsp3) is 0.143. The summed E-state index contributed by atoms with van der Waals surface area (Å²) in [6, 6.07) is 6.55. The highest BCUT2D eigenvalue weighted by Gasteiger charge is 2.32. The molecule has 1 aliphatic rings. The van der Waals surface area contributed by atoms with Crippen molar-refractivity contribution in [1.82, 2.24) is 13.7 Å². The zero-order valence-corrected chi connectivity index (χ0v) is 11.0. The first-order valence-corrected chi connectivity index (χ1v) is 6.33. The van der Waals surface area contributed by atoms with E-state index in [1.165, 1.54) is 4.90 Å². The molecule has 0 unspecified atom stereocenters. The second-order valence-electron chi connectivity index (χ2n) is 5.06. The summed E-state index contributed by atoms with van der Waals surface area (Å²) in [7, 11) is 1.55. The maximum Gasteiger partial charge on any atom is 0.324 e. The number of hydrogen-bond donors (Lipinski definition) is 0. The van der Waals surface area contributed by atoms with Crippen LogP contribution in [-0.2, 0) is 6.54 Å². The smallest absolute Gasteiger partial charge is 0.324 e. The Balaban J connectivity index is 2.53. The van der Waals surface area contributed by atoms with Gasteiger partial charge in [0.1, 0.15) is 5.69 Å². The molecular weight excluding hydrogens is 274 g/mol. The van der Waals surface area contributed by atoms with Gasteiger partial charge >= 0.3 is 11.1 Å². The first-order chi connectivity index (χ1) is 10.0. The number of carbonyl (C=O) groups excluding carboxylic acids is 1. The molecule has 1 amide bonds. The molecule has 0 N–H and O–H groups in total. The maximum atomic E-state index is 12.6. The molecule has 21 heavy (non-hydrogen) atoms. The minimum absolute atomic E-state index is 0.00620. The van der Waals surface area contributed by atoms with Gasteiger partial charge in [-0.3, -0.25) is 23.6 Å². The lowest BCUT2D eigenvalue weighted by atomic mass is 10.2. The topological polar surface area (TPSA) is 80.3 Å². The SMILES string of the molecule is CN1Cc2c(n3c(=O)c(=O)n(c2=O)c2ccccc23)C1=O. The summed E-state index contributed by atoms with van der Waals surface area (Å²) in [5, 5.41) is 0. The Kier molecular flexibility index (Phi) is 2.01. The maximum absolute atomic E-state index is 12.6. The second kappa shape index (κ2) is 3.57. The summed E-state index contributed by atoms with van der Waals surface area (Å²) < 4.78 is 1.93. The molecule has 4 aromatic rings. The fourth-order valence-corrected chi connectivity index (χ4v) is 2.90. The van der Waals surface area contributed by atoms with E-state index in [0.717, 1.165) is 8.80 Å². The lowest BCUT2D eigenvalue weighted by molar-refractivity contribution is 0.0810. The van der Waals surface area contributed by atoms with Crippen molar-refractivity contribution in [2.45, 2.75) is 6.54 Å². The van der Waals surface area contributed by atoms with Crippen LogP contribution in [0.3, 0.4) is 0 Å². The van der Waals surface area contributed by atoms with E-state index in [9.17, 15) is 19.2 Å². The number of para-hydroxylation sites is 2. The van der Waals surface area contributed by atoms with E-state index in [2.05, 4.69) is 0 Å². The molecule has 1 aromatic carbocycles. The van der Waals surface area contributed by atoms with Crippen LogP contribution in [0, 0.1) is 0 Å². The number of hydrogen-bond acceptors (Lipinski definition) is 4. The van der Waals surface area contributed by atoms with E-state index in [1.54, 1.807) is 31.3 Å². The van der Waals surface area contributed by atoms with Crippen LogP contribution in [0.5, 0.6) is 0 Å². The van der Waals surface area contributed by atoms with Crippen molar-refractivity contribution >= 4 is 16.9 Å². The molecule has 5 rings (SSSR count). The van der Waals surface area contributed by atoms with Gasteiger partial charge < -0.3 is 4.90 Å². The van der Waals surface area contributed by atoms with Crippen molar-refractivity contribution in [3.63, 3.8) is 0 Å². The van der Waals surface area contributed by atoms with Gasteiger partial charge in [0.2, 0.25) is 0 Å². The molecule has 0 aliphatic carbocycles. The molecule has 0 saturated carbocycles. The molecule has 0 spiro atoms. The van der Waals surface area contributed by atoms with Crippen LogP contribution in [0.4, 0.5) is 0 Å². The van der Waals surface area contributed by atoms with E-state index in [1.807, 2.05) is 0 Å². The summed E-state index contributed by atoms with van der Waals surface area (Å²) in [5.41, 5.74) is -1.53. The lowest BCUT2D eigenvalue weighted by Crippen LogP contribution is -2.40. The molecule has 3 aromatic heterocycles. The minimum Gasteiger partial charge on any atom is -0.336 e. The van der Waals surface area contributed by atoms with E-state index in [0.29, 0.717) is 11.0 Å². The number of fused-ring (bicyclic) bond motifs is 1. The second-order valence-corrected chi connectivity index (χ2v) is 5.06. The van der Waals surface area contributed by atoms with Crippen LogP contribution in [0.2, 0.25) is 0 Å². The van der Waals surface area contributed by atoms with Crippen molar-refractivity contribution in [2.24, 2.45) is 0 Å². The average Bonchev–Trinajstić information content (AvgIpc) is 2.67. The quantitative estimate of drug-likeness (QED) is 0.511. The number of carbonyl (C=O) groups is 1. The number of benzene rings is 1. The van der Waals surface area contributed by atoms with Gasteiger partial charge in [-0.15, -0.1) is 0 Å². The van der Waals surface area contributed by atoms with Gasteiger partial charge in [0.25, 0.3) is 11.5 Å². The van der Waals surface area contributed by atoms with Crippen LogP contribution in [0.1, 0.15) is 16.1 Å². The van der Waals surface area contributed by atoms with Crippen LogP contribution in [-0.4, -0.2) is 26.7 Å². The van der Waals surface area contributed by atoms with Crippen LogP contribution in [0.15, 0.2) is 38.6 Å². The minimum atomic E-state index is -0.927. The molecule has 1 aliphatic heterocycles. The van der Waals surface area contributed by atoms with E-state index < -0.39 is 22.6 Å². The normalized spacial score (nSPS) is 14.3. The molecule has 0 saturated heterocycles. The standard InChI is InChI=1S/C14H9N3O4/c1-15-6-7-10(12(15)19)16-8-4-2-3-5-9(8)17(11(7)18)14(21)13(16)20/h2-5H,6H2,1H3. The third-order valence-electron chi connectivity index (χ3n) is 3.87. The van der Waals surface area contributed by atoms with Gasteiger partial charge in [0.15, 0.2) is 0 Å². The first kappa shape index (κ1) is 11.8. The van der Waals surface area contributed by atoms with Gasteiger partial charge in [0.05, 0.1) is 23.1 Å². The highest BCUT2D eigenvalue weighted by atomic mass is 16.2. The Morgan fingerprint density at radius 1 is 0.857 bits per heavy atom. The van der Waals surface area contributed by atoms with Gasteiger partial charge in [-0.05, 0) is 12.1 Å². The number of aromatic nitrogens is 2. The van der Waals surface area contributed by atoms with Gasteiger partial charge in [-0.25, -0.2) is 4.40 Å². The Labute approximate surface area is 116 Å².